The first-order chi connectivity index (χ1) is 12.6. The Kier molecular flexibility index (Phi) is 5.31. The third kappa shape index (κ3) is 3.81. The maximum Gasteiger partial charge on any atom is 0.229 e. The Balaban J connectivity index is 1.45. The van der Waals surface area contributed by atoms with E-state index in [1.54, 1.807) is 7.11 Å². The minimum absolute atomic E-state index is 0.000892. The van der Waals surface area contributed by atoms with E-state index in [0.29, 0.717) is 24.9 Å². The average molecular weight is 385 g/mol. The van der Waals surface area contributed by atoms with Gasteiger partial charge in [-0.05, 0) is 12.8 Å². The van der Waals surface area contributed by atoms with Crippen LogP contribution in [0.5, 0.6) is 0 Å². The predicted molar refractivity (Wildman–Crippen MR) is 95.6 cm³/mol. The van der Waals surface area contributed by atoms with Gasteiger partial charge in [-0.25, -0.2) is 8.42 Å². The molecule has 0 bridgehead atoms. The zero-order chi connectivity index (χ0) is 18.1. The minimum atomic E-state index is -3.01. The van der Waals surface area contributed by atoms with Gasteiger partial charge in [0.1, 0.15) is 0 Å². The van der Waals surface area contributed by atoms with Crippen LogP contribution < -0.4 is 0 Å². The Morgan fingerprint density at radius 1 is 1.15 bits per heavy atom. The van der Waals surface area contributed by atoms with Crippen LogP contribution in [-0.2, 0) is 21.1 Å². The quantitative estimate of drug-likeness (QED) is 0.707. The van der Waals surface area contributed by atoms with E-state index in [1.165, 1.54) is 12.8 Å². The fourth-order valence-electron chi connectivity index (χ4n) is 4.63. The Morgan fingerprint density at radius 2 is 1.85 bits per heavy atom. The van der Waals surface area contributed by atoms with Gasteiger partial charge in [-0.3, -0.25) is 9.80 Å². The second-order valence-corrected chi connectivity index (χ2v) is 9.89. The maximum atomic E-state index is 12.3. The fraction of sp³-hybridized carbons (Fsp3) is 0.882. The lowest BCUT2D eigenvalue weighted by Gasteiger charge is -2.43. The summed E-state index contributed by atoms with van der Waals surface area (Å²) < 4.78 is 35.2. The highest BCUT2D eigenvalue weighted by Crippen LogP contribution is 2.33. The Bertz CT molecular complexity index is 716. The highest BCUT2D eigenvalue weighted by Gasteiger charge is 2.46. The van der Waals surface area contributed by atoms with Crippen LogP contribution in [-0.4, -0.2) is 85.3 Å². The fourth-order valence-corrected chi connectivity index (χ4v) is 6.67. The Hall–Kier alpha value is -1.03. The first kappa shape index (κ1) is 18.3. The summed E-state index contributed by atoms with van der Waals surface area (Å²) in [5.74, 6) is 2.29. The first-order valence-electron chi connectivity index (χ1n) is 9.55. The van der Waals surface area contributed by atoms with Crippen molar-refractivity contribution < 1.29 is 17.7 Å². The molecule has 8 nitrogen and oxygen atoms in total. The van der Waals surface area contributed by atoms with Gasteiger partial charge < -0.3 is 9.26 Å². The van der Waals surface area contributed by atoms with E-state index < -0.39 is 9.84 Å². The van der Waals surface area contributed by atoms with Crippen LogP contribution in [0, 0.1) is 0 Å². The van der Waals surface area contributed by atoms with Crippen LogP contribution in [0.25, 0.3) is 0 Å². The number of methoxy groups -OCH3 is 1. The van der Waals surface area contributed by atoms with Crippen LogP contribution in [0.2, 0.25) is 0 Å². The number of piperazine rings is 1. The summed E-state index contributed by atoms with van der Waals surface area (Å²) in [6, 6.07) is 0.0316. The predicted octanol–water partition coefficient (Wildman–Crippen LogP) is 0.657. The third-order valence-electron chi connectivity index (χ3n) is 6.02. The molecular weight excluding hydrogens is 356 g/mol. The van der Waals surface area contributed by atoms with Crippen molar-refractivity contribution >= 4 is 9.84 Å². The smallest absolute Gasteiger partial charge is 0.229 e. The summed E-state index contributed by atoms with van der Waals surface area (Å²) in [6.45, 7) is 3.61. The molecule has 9 heteroatoms. The van der Waals surface area contributed by atoms with Gasteiger partial charge in [0.05, 0.1) is 24.7 Å². The number of nitrogens with zero attached hydrogens (tertiary/aromatic N) is 4. The number of hydrogen-bond donors (Lipinski definition) is 0. The average Bonchev–Trinajstić information content (AvgIpc) is 3.32. The number of fused-ring (bicyclic) bond motifs is 1. The SMILES string of the molecule is COCCN1CCN(Cc2noc(C3CCCC3)n2)[C@H]2CS(=O)(=O)C[C@H]21. The van der Waals surface area contributed by atoms with Crippen molar-refractivity contribution in [1.82, 2.24) is 19.9 Å². The lowest BCUT2D eigenvalue weighted by molar-refractivity contribution is 0.0237. The molecule has 146 valence electrons. The van der Waals surface area contributed by atoms with Crippen LogP contribution >= 0.6 is 0 Å². The van der Waals surface area contributed by atoms with Gasteiger partial charge in [-0.15, -0.1) is 0 Å². The van der Waals surface area contributed by atoms with E-state index in [2.05, 4.69) is 19.9 Å². The van der Waals surface area contributed by atoms with Gasteiger partial charge in [0.25, 0.3) is 0 Å². The minimum Gasteiger partial charge on any atom is -0.383 e. The van der Waals surface area contributed by atoms with Crippen molar-refractivity contribution in [2.24, 2.45) is 0 Å². The van der Waals surface area contributed by atoms with E-state index >= 15 is 0 Å². The topological polar surface area (TPSA) is 88.8 Å². The summed E-state index contributed by atoms with van der Waals surface area (Å²) in [5, 5.41) is 4.16. The van der Waals surface area contributed by atoms with Crippen molar-refractivity contribution in [2.45, 2.75) is 50.2 Å². The van der Waals surface area contributed by atoms with Crippen LogP contribution in [0.1, 0.15) is 43.3 Å². The number of sulfone groups is 1. The maximum absolute atomic E-state index is 12.3. The van der Waals surface area contributed by atoms with Crippen LogP contribution in [0.15, 0.2) is 4.52 Å². The number of hydrogen-bond acceptors (Lipinski definition) is 8. The molecule has 0 unspecified atom stereocenters. The standard InChI is InChI=1S/C17H28N4O4S/c1-24-9-8-20-6-7-21(15-12-26(22,23)11-14(15)20)10-16-18-17(25-19-16)13-4-2-3-5-13/h13-15H,2-12H2,1H3/t14-,15+/m1/s1. The number of ether oxygens (including phenoxy) is 1. The van der Waals surface area contributed by atoms with Gasteiger partial charge in [-0.2, -0.15) is 4.98 Å². The molecule has 0 N–H and O–H groups in total. The van der Waals surface area contributed by atoms with E-state index in [4.69, 9.17) is 9.26 Å². The third-order valence-corrected chi connectivity index (χ3v) is 7.72. The Morgan fingerprint density at radius 3 is 2.58 bits per heavy atom. The van der Waals surface area contributed by atoms with Crippen molar-refractivity contribution in [3.05, 3.63) is 11.7 Å². The molecule has 0 amide bonds. The van der Waals surface area contributed by atoms with Crippen LogP contribution in [0.4, 0.5) is 0 Å². The normalized spacial score (nSPS) is 30.0. The summed E-state index contributed by atoms with van der Waals surface area (Å²) in [5.41, 5.74) is 0. The van der Waals surface area contributed by atoms with E-state index in [1.807, 2.05) is 0 Å². The van der Waals surface area contributed by atoms with E-state index in [-0.39, 0.29) is 23.6 Å². The summed E-state index contributed by atoms with van der Waals surface area (Å²) in [4.78, 5) is 9.09. The van der Waals surface area contributed by atoms with Gasteiger partial charge in [0.2, 0.25) is 5.89 Å². The largest absolute Gasteiger partial charge is 0.383 e. The van der Waals surface area contributed by atoms with Gasteiger partial charge >= 0.3 is 0 Å². The molecule has 26 heavy (non-hydrogen) atoms. The summed E-state index contributed by atoms with van der Waals surface area (Å²) in [7, 11) is -1.33. The number of aromatic nitrogens is 2. The molecule has 0 aromatic carbocycles. The van der Waals surface area contributed by atoms with Gasteiger partial charge in [0, 0.05) is 44.7 Å². The van der Waals surface area contributed by atoms with Crippen molar-refractivity contribution in [3.63, 3.8) is 0 Å². The molecule has 4 rings (SSSR count). The highest BCUT2D eigenvalue weighted by molar-refractivity contribution is 7.91. The molecule has 1 aromatic heterocycles. The zero-order valence-corrected chi connectivity index (χ0v) is 16.2. The lowest BCUT2D eigenvalue weighted by Crippen LogP contribution is -2.59. The van der Waals surface area contributed by atoms with Crippen LogP contribution in [0.3, 0.4) is 0 Å². The lowest BCUT2D eigenvalue weighted by atomic mass is 10.0. The molecule has 3 aliphatic rings. The molecule has 1 saturated carbocycles. The Labute approximate surface area is 154 Å². The van der Waals surface area contributed by atoms with Gasteiger partial charge in [0.15, 0.2) is 15.7 Å². The monoisotopic (exact) mass is 384 g/mol. The molecule has 1 aromatic rings. The zero-order valence-electron chi connectivity index (χ0n) is 15.3. The molecule has 2 saturated heterocycles. The second-order valence-electron chi connectivity index (χ2n) is 7.74. The molecule has 3 heterocycles. The van der Waals surface area contributed by atoms with Crippen molar-refractivity contribution in [1.29, 1.82) is 0 Å². The molecule has 3 fully saturated rings. The second kappa shape index (κ2) is 7.53. The van der Waals surface area contributed by atoms with E-state index in [0.717, 1.165) is 38.4 Å². The summed E-state index contributed by atoms with van der Waals surface area (Å²) >= 11 is 0. The van der Waals surface area contributed by atoms with E-state index in [9.17, 15) is 8.42 Å². The first-order valence-corrected chi connectivity index (χ1v) is 11.4. The molecule has 2 aliphatic heterocycles. The molecule has 2 atom stereocenters. The van der Waals surface area contributed by atoms with Crippen molar-refractivity contribution in [3.8, 4) is 0 Å². The van der Waals surface area contributed by atoms with Gasteiger partial charge in [-0.1, -0.05) is 18.0 Å². The molecular formula is C17H28N4O4S. The molecule has 0 spiro atoms. The summed E-state index contributed by atoms with van der Waals surface area (Å²) in [6.07, 6.45) is 4.71. The molecule has 1 aliphatic carbocycles. The highest BCUT2D eigenvalue weighted by atomic mass is 32.2. The van der Waals surface area contributed by atoms with Crippen molar-refractivity contribution in [2.75, 3.05) is 44.9 Å². The number of rotatable bonds is 6. The molecule has 0 radical (unpaired) electrons.